The maximum absolute atomic E-state index is 13.1. The summed E-state index contributed by atoms with van der Waals surface area (Å²) in [6.45, 7) is 0.336. The number of sulfonamides is 1. The average Bonchev–Trinajstić information content (AvgIpc) is 3.30. The second-order valence-electron chi connectivity index (χ2n) is 7.36. The largest absolute Gasteiger partial charge is 0.326 e. The number of anilines is 2. The number of amides is 3. The van der Waals surface area contributed by atoms with Crippen LogP contribution in [0.4, 0.5) is 11.4 Å². The van der Waals surface area contributed by atoms with Crippen LogP contribution < -0.4 is 9.62 Å². The zero-order valence-corrected chi connectivity index (χ0v) is 18.1. The normalized spacial score (nSPS) is 16.0. The lowest BCUT2D eigenvalue weighted by atomic mass is 10.1. The van der Waals surface area contributed by atoms with Crippen LogP contribution in [0.15, 0.2) is 47.4 Å². The van der Waals surface area contributed by atoms with Gasteiger partial charge in [0.2, 0.25) is 17.7 Å². The summed E-state index contributed by atoms with van der Waals surface area (Å²) >= 11 is 5.87. The van der Waals surface area contributed by atoms with Crippen molar-refractivity contribution < 1.29 is 22.8 Å². The summed E-state index contributed by atoms with van der Waals surface area (Å²) in [5.74, 6) is -0.894. The Hall–Kier alpha value is -2.91. The first-order chi connectivity index (χ1) is 14.8. The van der Waals surface area contributed by atoms with Crippen molar-refractivity contribution in [1.29, 1.82) is 0 Å². The van der Waals surface area contributed by atoms with Gasteiger partial charge in [0.05, 0.1) is 10.6 Å². The summed E-state index contributed by atoms with van der Waals surface area (Å²) in [5.41, 5.74) is 1.82. The summed E-state index contributed by atoms with van der Waals surface area (Å²) in [7, 11) is -3.77. The van der Waals surface area contributed by atoms with E-state index in [0.717, 1.165) is 10.5 Å². The van der Waals surface area contributed by atoms with E-state index in [1.165, 1.54) is 28.6 Å². The van der Waals surface area contributed by atoms with Gasteiger partial charge in [-0.15, -0.1) is 0 Å². The van der Waals surface area contributed by atoms with E-state index < -0.39 is 10.0 Å². The van der Waals surface area contributed by atoms with Gasteiger partial charge in [-0.25, -0.2) is 8.42 Å². The maximum Gasteiger partial charge on any atom is 0.264 e. The Morgan fingerprint density at radius 3 is 2.35 bits per heavy atom. The van der Waals surface area contributed by atoms with Gasteiger partial charge in [0.15, 0.2) is 0 Å². The summed E-state index contributed by atoms with van der Waals surface area (Å²) < 4.78 is 27.5. The minimum Gasteiger partial charge on any atom is -0.326 e. The number of nitrogens with zero attached hydrogens (tertiary/aromatic N) is 2. The second kappa shape index (κ2) is 8.32. The minimum absolute atomic E-state index is 0.0264. The smallest absolute Gasteiger partial charge is 0.264 e. The predicted molar refractivity (Wildman–Crippen MR) is 115 cm³/mol. The molecule has 8 nitrogen and oxygen atoms in total. The minimum atomic E-state index is -3.77. The molecule has 31 heavy (non-hydrogen) atoms. The summed E-state index contributed by atoms with van der Waals surface area (Å²) in [6.07, 6.45) is 0.906. The number of rotatable bonds is 6. The Morgan fingerprint density at radius 2 is 1.68 bits per heavy atom. The van der Waals surface area contributed by atoms with Crippen molar-refractivity contribution in [2.45, 2.75) is 30.6 Å². The fourth-order valence-electron chi connectivity index (χ4n) is 3.72. The van der Waals surface area contributed by atoms with Gasteiger partial charge in [-0.05, 0) is 48.4 Å². The molecule has 3 amide bonds. The Kier molecular flexibility index (Phi) is 5.72. The average molecular weight is 462 g/mol. The van der Waals surface area contributed by atoms with Crippen LogP contribution in [-0.4, -0.2) is 44.1 Å². The standard InChI is InChI=1S/C21H20ClN3O5S/c22-15-2-5-17(6-3-15)31(29,30)25-12-9-14-1-4-16(13-18(14)25)23-19(26)10-11-24-20(27)7-8-21(24)28/h1-6,13H,7-12H2,(H,23,26). The van der Waals surface area contributed by atoms with Crippen LogP contribution in [0.3, 0.4) is 0 Å². The zero-order chi connectivity index (χ0) is 22.2. The van der Waals surface area contributed by atoms with E-state index in [1.54, 1.807) is 18.2 Å². The molecule has 2 aromatic carbocycles. The van der Waals surface area contributed by atoms with E-state index in [2.05, 4.69) is 5.32 Å². The molecule has 162 valence electrons. The van der Waals surface area contributed by atoms with Crippen LogP contribution in [0.5, 0.6) is 0 Å². The number of carbonyl (C=O) groups is 3. The summed E-state index contributed by atoms with van der Waals surface area (Å²) in [5, 5.41) is 3.16. The van der Waals surface area contributed by atoms with Crippen molar-refractivity contribution in [3.05, 3.63) is 53.1 Å². The first-order valence-corrected chi connectivity index (χ1v) is 11.6. The molecule has 2 heterocycles. The molecule has 1 fully saturated rings. The molecule has 0 saturated carbocycles. The van der Waals surface area contributed by atoms with Crippen LogP contribution in [-0.2, 0) is 30.8 Å². The molecule has 0 spiro atoms. The molecule has 1 N–H and O–H groups in total. The van der Waals surface area contributed by atoms with E-state index in [4.69, 9.17) is 11.6 Å². The number of hydrogen-bond donors (Lipinski definition) is 1. The lowest BCUT2D eigenvalue weighted by Crippen LogP contribution is -2.32. The van der Waals surface area contributed by atoms with Gasteiger partial charge in [-0.2, -0.15) is 0 Å². The third-order valence-corrected chi connectivity index (χ3v) is 7.42. The number of imide groups is 1. The van der Waals surface area contributed by atoms with Gasteiger partial charge in [-0.1, -0.05) is 17.7 Å². The maximum atomic E-state index is 13.1. The third kappa shape index (κ3) is 4.28. The highest BCUT2D eigenvalue weighted by Crippen LogP contribution is 2.35. The van der Waals surface area contributed by atoms with Crippen LogP contribution in [0, 0.1) is 0 Å². The number of nitrogens with one attached hydrogen (secondary N) is 1. The quantitative estimate of drug-likeness (QED) is 0.666. The molecule has 2 aliphatic heterocycles. The number of hydrogen-bond acceptors (Lipinski definition) is 5. The fourth-order valence-corrected chi connectivity index (χ4v) is 5.34. The number of fused-ring (bicyclic) bond motifs is 1. The van der Waals surface area contributed by atoms with Crippen LogP contribution in [0.1, 0.15) is 24.8 Å². The van der Waals surface area contributed by atoms with Crippen LogP contribution >= 0.6 is 11.6 Å². The van der Waals surface area contributed by atoms with Crippen LogP contribution in [0.25, 0.3) is 0 Å². The van der Waals surface area contributed by atoms with Gasteiger partial charge < -0.3 is 5.32 Å². The highest BCUT2D eigenvalue weighted by Gasteiger charge is 2.31. The number of benzene rings is 2. The molecule has 0 aliphatic carbocycles. The first kappa shape index (κ1) is 21.3. The van der Waals surface area contributed by atoms with E-state index in [0.29, 0.717) is 29.4 Å². The highest BCUT2D eigenvalue weighted by molar-refractivity contribution is 7.92. The van der Waals surface area contributed by atoms with Crippen LogP contribution in [0.2, 0.25) is 5.02 Å². The first-order valence-electron chi connectivity index (χ1n) is 9.80. The summed E-state index contributed by atoms with van der Waals surface area (Å²) in [4.78, 5) is 36.9. The lowest BCUT2D eigenvalue weighted by Gasteiger charge is -2.20. The van der Waals surface area contributed by atoms with Gasteiger partial charge in [0.1, 0.15) is 0 Å². The number of likely N-dealkylation sites (tertiary alicyclic amines) is 1. The van der Waals surface area contributed by atoms with Gasteiger partial charge >= 0.3 is 0 Å². The lowest BCUT2D eigenvalue weighted by molar-refractivity contribution is -0.138. The number of carbonyl (C=O) groups excluding carboxylic acids is 3. The van der Waals surface area contributed by atoms with Crippen molar-refractivity contribution in [3.8, 4) is 0 Å². The molecule has 10 heteroatoms. The molecule has 2 aliphatic rings. The molecule has 0 unspecified atom stereocenters. The van der Waals surface area contributed by atoms with E-state index in [1.807, 2.05) is 0 Å². The van der Waals surface area contributed by atoms with Crippen molar-refractivity contribution >= 4 is 50.7 Å². The van der Waals surface area contributed by atoms with Crippen molar-refractivity contribution in [1.82, 2.24) is 4.90 Å². The van der Waals surface area contributed by atoms with Gasteiger partial charge in [0, 0.05) is 43.1 Å². The molecule has 4 rings (SSSR count). The predicted octanol–water partition coefficient (Wildman–Crippen LogP) is 2.57. The molecule has 0 aromatic heterocycles. The molecular formula is C21H20ClN3O5S. The van der Waals surface area contributed by atoms with Gasteiger partial charge in [-0.3, -0.25) is 23.6 Å². The molecule has 0 atom stereocenters. The molecule has 2 aromatic rings. The molecular weight excluding hydrogens is 442 g/mol. The van der Waals surface area contributed by atoms with Crippen molar-refractivity contribution in [3.63, 3.8) is 0 Å². The molecule has 1 saturated heterocycles. The topological polar surface area (TPSA) is 104 Å². The Morgan fingerprint density at radius 1 is 1.00 bits per heavy atom. The third-order valence-electron chi connectivity index (χ3n) is 5.34. The van der Waals surface area contributed by atoms with Gasteiger partial charge in [0.25, 0.3) is 10.0 Å². The Balaban J connectivity index is 1.48. The van der Waals surface area contributed by atoms with E-state index in [-0.39, 0.29) is 48.4 Å². The van der Waals surface area contributed by atoms with Crippen molar-refractivity contribution in [2.24, 2.45) is 0 Å². The Bertz CT molecular complexity index is 1150. The van der Waals surface area contributed by atoms with Crippen molar-refractivity contribution in [2.75, 3.05) is 22.7 Å². The zero-order valence-electron chi connectivity index (χ0n) is 16.5. The Labute approximate surface area is 184 Å². The van der Waals surface area contributed by atoms with E-state index >= 15 is 0 Å². The second-order valence-corrected chi connectivity index (χ2v) is 9.66. The fraction of sp³-hybridized carbons (Fsp3) is 0.286. The summed E-state index contributed by atoms with van der Waals surface area (Å²) in [6, 6.07) is 11.1. The highest BCUT2D eigenvalue weighted by atomic mass is 35.5. The molecule has 0 radical (unpaired) electrons. The molecule has 0 bridgehead atoms. The monoisotopic (exact) mass is 461 g/mol. The van der Waals surface area contributed by atoms with E-state index in [9.17, 15) is 22.8 Å². The SMILES string of the molecule is O=C(CCN1C(=O)CCC1=O)Nc1ccc2c(c1)N(S(=O)(=O)c1ccc(Cl)cc1)CC2. The number of halogens is 1.